The molecular weight excluding hydrogens is 381 g/mol. The molecule has 0 saturated heterocycles. The molecule has 2 heterocycles. The van der Waals surface area contributed by atoms with E-state index in [1.54, 1.807) is 0 Å². The first-order chi connectivity index (χ1) is 12.8. The zero-order valence-corrected chi connectivity index (χ0v) is 14.5. The molecule has 0 aliphatic rings. The highest BCUT2D eigenvalue weighted by Crippen LogP contribution is 2.33. The van der Waals surface area contributed by atoms with E-state index < -0.39 is 11.7 Å². The van der Waals surface area contributed by atoms with Gasteiger partial charge in [0, 0.05) is 5.56 Å². The summed E-state index contributed by atoms with van der Waals surface area (Å²) in [6.07, 6.45) is -4.48. The SMILES string of the molecule is Cc1ccc(-c2nnc(-c3nc4ccc(C(F)(F)F)cc4nc3Cl)o2)cc1. The minimum atomic E-state index is -4.48. The second-order valence-electron chi connectivity index (χ2n) is 5.84. The first kappa shape index (κ1) is 17.4. The summed E-state index contributed by atoms with van der Waals surface area (Å²) in [5, 5.41) is 7.77. The minimum Gasteiger partial charge on any atom is -0.414 e. The Kier molecular flexibility index (Phi) is 4.07. The van der Waals surface area contributed by atoms with Gasteiger partial charge in [0.05, 0.1) is 16.6 Å². The number of rotatable bonds is 2. The van der Waals surface area contributed by atoms with Crippen LogP contribution >= 0.6 is 11.6 Å². The van der Waals surface area contributed by atoms with E-state index in [2.05, 4.69) is 20.2 Å². The Morgan fingerprint density at radius 2 is 1.59 bits per heavy atom. The number of alkyl halides is 3. The van der Waals surface area contributed by atoms with Gasteiger partial charge in [0.1, 0.15) is 0 Å². The predicted molar refractivity (Wildman–Crippen MR) is 93.0 cm³/mol. The van der Waals surface area contributed by atoms with Crippen molar-refractivity contribution < 1.29 is 17.6 Å². The lowest BCUT2D eigenvalue weighted by atomic mass is 10.1. The Labute approximate surface area is 155 Å². The maximum Gasteiger partial charge on any atom is 0.416 e. The average Bonchev–Trinajstić information content (AvgIpc) is 3.10. The second kappa shape index (κ2) is 6.31. The second-order valence-corrected chi connectivity index (χ2v) is 6.20. The standard InChI is InChI=1S/C18H10ClF3N4O/c1-9-2-4-10(5-3-9)16-25-26-17(27-16)14-15(19)24-13-8-11(18(20,21)22)6-7-12(13)23-14/h2-8H,1H3. The molecule has 5 nitrogen and oxygen atoms in total. The zero-order valence-electron chi connectivity index (χ0n) is 13.8. The fraction of sp³-hybridized carbons (Fsp3) is 0.111. The molecule has 0 N–H and O–H groups in total. The fourth-order valence-electron chi connectivity index (χ4n) is 2.48. The van der Waals surface area contributed by atoms with Crippen molar-refractivity contribution >= 4 is 22.6 Å². The number of benzene rings is 2. The lowest BCUT2D eigenvalue weighted by Gasteiger charge is -2.07. The van der Waals surface area contributed by atoms with Crippen LogP contribution in [-0.4, -0.2) is 20.2 Å². The van der Waals surface area contributed by atoms with Gasteiger partial charge in [-0.15, -0.1) is 10.2 Å². The van der Waals surface area contributed by atoms with E-state index in [-0.39, 0.29) is 33.7 Å². The number of halogens is 4. The molecule has 0 aliphatic carbocycles. The van der Waals surface area contributed by atoms with Crippen LogP contribution in [0.3, 0.4) is 0 Å². The van der Waals surface area contributed by atoms with Crippen molar-refractivity contribution in [1.82, 2.24) is 20.2 Å². The monoisotopic (exact) mass is 390 g/mol. The summed E-state index contributed by atoms with van der Waals surface area (Å²) in [4.78, 5) is 8.23. The van der Waals surface area contributed by atoms with Crippen LogP contribution in [0.25, 0.3) is 34.1 Å². The predicted octanol–water partition coefficient (Wildman–Crippen LogP) is 5.33. The lowest BCUT2D eigenvalue weighted by Crippen LogP contribution is -2.05. The smallest absolute Gasteiger partial charge is 0.414 e. The van der Waals surface area contributed by atoms with E-state index >= 15 is 0 Å². The summed E-state index contributed by atoms with van der Waals surface area (Å²) in [6, 6.07) is 10.5. The minimum absolute atomic E-state index is 0.0249. The quantitative estimate of drug-likeness (QED) is 0.463. The molecule has 0 amide bonds. The van der Waals surface area contributed by atoms with Crippen LogP contribution in [0.1, 0.15) is 11.1 Å². The van der Waals surface area contributed by atoms with Gasteiger partial charge in [-0.25, -0.2) is 9.97 Å². The van der Waals surface area contributed by atoms with Crippen LogP contribution in [-0.2, 0) is 6.18 Å². The van der Waals surface area contributed by atoms with Gasteiger partial charge in [0.15, 0.2) is 10.8 Å². The van der Waals surface area contributed by atoms with Gasteiger partial charge in [-0.1, -0.05) is 29.3 Å². The van der Waals surface area contributed by atoms with Gasteiger partial charge in [-0.05, 0) is 37.3 Å². The van der Waals surface area contributed by atoms with Gasteiger partial charge < -0.3 is 4.42 Å². The summed E-state index contributed by atoms with van der Waals surface area (Å²) in [6.45, 7) is 1.96. The number of hydrogen-bond acceptors (Lipinski definition) is 5. The van der Waals surface area contributed by atoms with Crippen LogP contribution in [0.2, 0.25) is 5.15 Å². The van der Waals surface area contributed by atoms with Crippen molar-refractivity contribution in [1.29, 1.82) is 0 Å². The fourth-order valence-corrected chi connectivity index (χ4v) is 2.69. The number of aromatic nitrogens is 4. The molecule has 0 spiro atoms. The van der Waals surface area contributed by atoms with Crippen molar-refractivity contribution in [3.05, 3.63) is 58.7 Å². The van der Waals surface area contributed by atoms with Crippen LogP contribution in [0.4, 0.5) is 13.2 Å². The highest BCUT2D eigenvalue weighted by molar-refractivity contribution is 6.32. The molecule has 0 radical (unpaired) electrons. The number of aryl methyl sites for hydroxylation is 1. The Balaban J connectivity index is 1.76. The molecule has 9 heteroatoms. The van der Waals surface area contributed by atoms with Gasteiger partial charge >= 0.3 is 6.18 Å². The van der Waals surface area contributed by atoms with Crippen molar-refractivity contribution in [2.45, 2.75) is 13.1 Å². The van der Waals surface area contributed by atoms with Crippen LogP contribution in [0.5, 0.6) is 0 Å². The van der Waals surface area contributed by atoms with Gasteiger partial charge in [0.25, 0.3) is 5.89 Å². The van der Waals surface area contributed by atoms with Gasteiger partial charge in [0.2, 0.25) is 5.89 Å². The Morgan fingerprint density at radius 1 is 0.889 bits per heavy atom. The van der Waals surface area contributed by atoms with Gasteiger partial charge in [-0.2, -0.15) is 13.2 Å². The Hall–Kier alpha value is -3.00. The summed E-state index contributed by atoms with van der Waals surface area (Å²) in [5.74, 6) is 0.306. The summed E-state index contributed by atoms with van der Waals surface area (Å²) in [7, 11) is 0. The molecule has 0 saturated carbocycles. The van der Waals surface area contributed by atoms with Crippen LogP contribution in [0, 0.1) is 6.92 Å². The Bertz CT molecular complexity index is 1140. The maximum atomic E-state index is 12.8. The third-order valence-corrected chi connectivity index (χ3v) is 4.14. The third-order valence-electron chi connectivity index (χ3n) is 3.88. The van der Waals surface area contributed by atoms with Crippen molar-refractivity contribution in [2.75, 3.05) is 0 Å². The molecule has 2 aromatic heterocycles. The normalized spacial score (nSPS) is 11.9. The van der Waals surface area contributed by atoms with E-state index in [0.29, 0.717) is 0 Å². The average molecular weight is 391 g/mol. The molecular formula is C18H10ClF3N4O. The summed E-state index contributed by atoms with van der Waals surface area (Å²) < 4.78 is 44.1. The molecule has 0 aliphatic heterocycles. The molecule has 2 aromatic carbocycles. The van der Waals surface area contributed by atoms with E-state index in [4.69, 9.17) is 16.0 Å². The lowest BCUT2D eigenvalue weighted by molar-refractivity contribution is -0.137. The van der Waals surface area contributed by atoms with Crippen molar-refractivity contribution in [3.8, 4) is 23.0 Å². The number of fused-ring (bicyclic) bond motifs is 1. The van der Waals surface area contributed by atoms with E-state index in [9.17, 15) is 13.2 Å². The molecule has 0 bridgehead atoms. The van der Waals surface area contributed by atoms with Crippen molar-refractivity contribution in [3.63, 3.8) is 0 Å². The first-order valence-electron chi connectivity index (χ1n) is 7.77. The first-order valence-corrected chi connectivity index (χ1v) is 8.14. The third kappa shape index (κ3) is 3.35. The summed E-state index contributed by atoms with van der Waals surface area (Å²) >= 11 is 6.10. The maximum absolute atomic E-state index is 12.8. The zero-order chi connectivity index (χ0) is 19.2. The van der Waals surface area contributed by atoms with E-state index in [1.807, 2.05) is 31.2 Å². The molecule has 0 fully saturated rings. The topological polar surface area (TPSA) is 64.7 Å². The van der Waals surface area contributed by atoms with Gasteiger partial charge in [-0.3, -0.25) is 0 Å². The number of nitrogens with zero attached hydrogens (tertiary/aromatic N) is 4. The molecule has 0 atom stereocenters. The summed E-state index contributed by atoms with van der Waals surface area (Å²) in [5.41, 5.74) is 1.34. The van der Waals surface area contributed by atoms with Crippen LogP contribution < -0.4 is 0 Å². The van der Waals surface area contributed by atoms with Crippen molar-refractivity contribution in [2.24, 2.45) is 0 Å². The molecule has 4 aromatic rings. The largest absolute Gasteiger partial charge is 0.416 e. The van der Waals surface area contributed by atoms with E-state index in [0.717, 1.165) is 23.3 Å². The number of hydrogen-bond donors (Lipinski definition) is 0. The van der Waals surface area contributed by atoms with Crippen LogP contribution in [0.15, 0.2) is 46.9 Å². The molecule has 4 rings (SSSR count). The molecule has 136 valence electrons. The molecule has 27 heavy (non-hydrogen) atoms. The van der Waals surface area contributed by atoms with E-state index in [1.165, 1.54) is 6.07 Å². The molecule has 0 unspecified atom stereocenters. The Morgan fingerprint density at radius 3 is 2.30 bits per heavy atom. The highest BCUT2D eigenvalue weighted by Gasteiger charge is 2.31. The highest BCUT2D eigenvalue weighted by atomic mass is 35.5.